The minimum atomic E-state index is 0.130. The molecule has 0 N–H and O–H groups in total. The second-order valence-corrected chi connectivity index (χ2v) is 5.44. The Morgan fingerprint density at radius 2 is 1.56 bits per heavy atom. The maximum atomic E-state index is 6.38. The molecule has 2 rings (SSSR count). The predicted molar refractivity (Wildman–Crippen MR) is 79.6 cm³/mol. The van der Waals surface area contributed by atoms with E-state index < -0.39 is 0 Å². The smallest absolute Gasteiger partial charge is 0.0438 e. The van der Waals surface area contributed by atoms with Crippen molar-refractivity contribution in [3.63, 3.8) is 0 Å². The van der Waals surface area contributed by atoms with E-state index >= 15 is 0 Å². The van der Waals surface area contributed by atoms with Gasteiger partial charge in [-0.2, -0.15) is 0 Å². The molecule has 2 aromatic rings. The van der Waals surface area contributed by atoms with Crippen molar-refractivity contribution in [3.05, 3.63) is 70.7 Å². The first-order valence-corrected chi connectivity index (χ1v) is 6.98. The van der Waals surface area contributed by atoms with Crippen LogP contribution in [0.3, 0.4) is 0 Å². The lowest BCUT2D eigenvalue weighted by molar-refractivity contribution is 0.744. The summed E-state index contributed by atoms with van der Waals surface area (Å²) in [5.74, 6) is 0. The molecule has 0 radical (unpaired) electrons. The van der Waals surface area contributed by atoms with Crippen LogP contribution in [-0.2, 0) is 12.8 Å². The molecule has 1 atom stereocenters. The molecule has 0 aliphatic heterocycles. The summed E-state index contributed by atoms with van der Waals surface area (Å²) < 4.78 is 0. The zero-order valence-corrected chi connectivity index (χ0v) is 11.7. The maximum Gasteiger partial charge on any atom is 0.0438 e. The van der Waals surface area contributed by atoms with Crippen LogP contribution in [-0.4, -0.2) is 5.38 Å². The average Bonchev–Trinajstić information content (AvgIpc) is 2.40. The van der Waals surface area contributed by atoms with Crippen LogP contribution < -0.4 is 0 Å². The minimum absolute atomic E-state index is 0.130. The molecule has 0 fully saturated rings. The number of halogens is 2. The van der Waals surface area contributed by atoms with Gasteiger partial charge in [0, 0.05) is 10.4 Å². The fourth-order valence-corrected chi connectivity index (χ4v) is 2.46. The van der Waals surface area contributed by atoms with Crippen LogP contribution in [0.4, 0.5) is 0 Å². The molecular weight excluding hydrogens is 263 g/mol. The highest BCUT2D eigenvalue weighted by atomic mass is 35.5. The zero-order valence-electron chi connectivity index (χ0n) is 10.2. The molecule has 0 heterocycles. The molecule has 0 nitrogen and oxygen atoms in total. The van der Waals surface area contributed by atoms with Crippen LogP contribution in [0, 0.1) is 0 Å². The summed E-state index contributed by atoms with van der Waals surface area (Å²) in [6.07, 6.45) is 2.81. The van der Waals surface area contributed by atoms with E-state index in [1.807, 2.05) is 30.3 Å². The molecule has 0 saturated carbocycles. The molecule has 0 bridgehead atoms. The standard InChI is InChI=1S/C16H16Cl2/c17-15(11-10-13-6-2-1-3-7-13)12-14-8-4-5-9-16(14)18/h1-9,15H,10-12H2. The third kappa shape index (κ3) is 4.04. The van der Waals surface area contributed by atoms with Crippen LogP contribution in [0.5, 0.6) is 0 Å². The SMILES string of the molecule is Clc1ccccc1CC(Cl)CCc1ccccc1. The Balaban J connectivity index is 1.86. The average molecular weight is 279 g/mol. The summed E-state index contributed by atoms with van der Waals surface area (Å²) >= 11 is 12.5. The Bertz CT molecular complexity index is 479. The van der Waals surface area contributed by atoms with Crippen molar-refractivity contribution in [1.29, 1.82) is 0 Å². The number of hydrogen-bond donors (Lipinski definition) is 0. The van der Waals surface area contributed by atoms with Crippen molar-refractivity contribution in [3.8, 4) is 0 Å². The highest BCUT2D eigenvalue weighted by molar-refractivity contribution is 6.31. The van der Waals surface area contributed by atoms with Crippen molar-refractivity contribution in [2.75, 3.05) is 0 Å². The summed E-state index contributed by atoms with van der Waals surface area (Å²) in [6, 6.07) is 18.3. The summed E-state index contributed by atoms with van der Waals surface area (Å²) in [5, 5.41) is 0.938. The molecule has 0 aliphatic carbocycles. The predicted octanol–water partition coefficient (Wildman–Crippen LogP) is 5.12. The van der Waals surface area contributed by atoms with Gasteiger partial charge < -0.3 is 0 Å². The van der Waals surface area contributed by atoms with Crippen molar-refractivity contribution >= 4 is 23.2 Å². The lowest BCUT2D eigenvalue weighted by atomic mass is 10.0. The molecule has 2 heteroatoms. The van der Waals surface area contributed by atoms with E-state index in [2.05, 4.69) is 24.3 Å². The number of aryl methyl sites for hydroxylation is 1. The Morgan fingerprint density at radius 3 is 2.28 bits per heavy atom. The Morgan fingerprint density at radius 1 is 0.889 bits per heavy atom. The summed E-state index contributed by atoms with van der Waals surface area (Å²) in [5.41, 5.74) is 2.47. The molecule has 94 valence electrons. The van der Waals surface area contributed by atoms with E-state index in [0.29, 0.717) is 0 Å². The molecular formula is C16H16Cl2. The van der Waals surface area contributed by atoms with Gasteiger partial charge in [-0.05, 0) is 36.5 Å². The van der Waals surface area contributed by atoms with Gasteiger partial charge in [-0.25, -0.2) is 0 Å². The molecule has 0 aliphatic rings. The molecule has 1 unspecified atom stereocenters. The van der Waals surface area contributed by atoms with Crippen molar-refractivity contribution in [1.82, 2.24) is 0 Å². The molecule has 2 aromatic carbocycles. The van der Waals surface area contributed by atoms with Gasteiger partial charge >= 0.3 is 0 Å². The zero-order chi connectivity index (χ0) is 12.8. The van der Waals surface area contributed by atoms with E-state index in [4.69, 9.17) is 23.2 Å². The van der Waals surface area contributed by atoms with Gasteiger partial charge in [0.15, 0.2) is 0 Å². The van der Waals surface area contributed by atoms with Gasteiger partial charge in [0.1, 0.15) is 0 Å². The Labute approximate surface area is 119 Å². The number of benzene rings is 2. The minimum Gasteiger partial charge on any atom is -0.123 e. The van der Waals surface area contributed by atoms with E-state index in [-0.39, 0.29) is 5.38 Å². The number of hydrogen-bond acceptors (Lipinski definition) is 0. The van der Waals surface area contributed by atoms with Crippen molar-refractivity contribution < 1.29 is 0 Å². The quantitative estimate of drug-likeness (QED) is 0.666. The largest absolute Gasteiger partial charge is 0.123 e. The third-order valence-electron chi connectivity index (χ3n) is 2.99. The first kappa shape index (κ1) is 13.5. The first-order valence-electron chi connectivity index (χ1n) is 6.17. The fourth-order valence-electron chi connectivity index (χ4n) is 1.97. The second kappa shape index (κ2) is 6.82. The molecule has 0 amide bonds. The number of rotatable bonds is 5. The molecule has 0 saturated heterocycles. The summed E-state index contributed by atoms with van der Waals surface area (Å²) in [6.45, 7) is 0. The lowest BCUT2D eigenvalue weighted by Gasteiger charge is -2.10. The van der Waals surface area contributed by atoms with Crippen LogP contribution in [0.25, 0.3) is 0 Å². The van der Waals surface area contributed by atoms with Crippen LogP contribution in [0.2, 0.25) is 5.02 Å². The van der Waals surface area contributed by atoms with Crippen LogP contribution >= 0.6 is 23.2 Å². The Hall–Kier alpha value is -0.980. The fraction of sp³-hybridized carbons (Fsp3) is 0.250. The highest BCUT2D eigenvalue weighted by Crippen LogP contribution is 2.20. The molecule has 18 heavy (non-hydrogen) atoms. The molecule has 0 aromatic heterocycles. The lowest BCUT2D eigenvalue weighted by Crippen LogP contribution is -2.05. The highest BCUT2D eigenvalue weighted by Gasteiger charge is 2.08. The van der Waals surface area contributed by atoms with Crippen LogP contribution in [0.15, 0.2) is 54.6 Å². The van der Waals surface area contributed by atoms with Gasteiger partial charge in [0.2, 0.25) is 0 Å². The monoisotopic (exact) mass is 278 g/mol. The van der Waals surface area contributed by atoms with E-state index in [1.54, 1.807) is 0 Å². The van der Waals surface area contributed by atoms with Gasteiger partial charge in [-0.1, -0.05) is 60.1 Å². The summed E-state index contributed by atoms with van der Waals surface area (Å²) in [4.78, 5) is 0. The van der Waals surface area contributed by atoms with E-state index in [1.165, 1.54) is 5.56 Å². The van der Waals surface area contributed by atoms with Gasteiger partial charge in [0.05, 0.1) is 0 Å². The number of alkyl halides is 1. The van der Waals surface area contributed by atoms with Crippen LogP contribution in [0.1, 0.15) is 17.5 Å². The van der Waals surface area contributed by atoms with Crippen molar-refractivity contribution in [2.45, 2.75) is 24.6 Å². The third-order valence-corrected chi connectivity index (χ3v) is 3.73. The molecule has 0 spiro atoms. The van der Waals surface area contributed by atoms with Gasteiger partial charge in [0.25, 0.3) is 0 Å². The first-order chi connectivity index (χ1) is 8.75. The van der Waals surface area contributed by atoms with E-state index in [9.17, 15) is 0 Å². The van der Waals surface area contributed by atoms with E-state index in [0.717, 1.165) is 29.8 Å². The summed E-state index contributed by atoms with van der Waals surface area (Å²) in [7, 11) is 0. The van der Waals surface area contributed by atoms with Gasteiger partial charge in [-0.15, -0.1) is 11.6 Å². The normalized spacial score (nSPS) is 12.3. The topological polar surface area (TPSA) is 0 Å². The van der Waals surface area contributed by atoms with Gasteiger partial charge in [-0.3, -0.25) is 0 Å². The maximum absolute atomic E-state index is 6.38. The Kier molecular flexibility index (Phi) is 5.10. The van der Waals surface area contributed by atoms with Crippen molar-refractivity contribution in [2.24, 2.45) is 0 Å². The second-order valence-electron chi connectivity index (χ2n) is 4.42.